The number of aryl methyl sites for hydroxylation is 1. The Bertz CT molecular complexity index is 1390. The molecule has 0 atom stereocenters. The number of H-pyrrole nitrogens is 1. The zero-order chi connectivity index (χ0) is 22.4. The van der Waals surface area contributed by atoms with Crippen molar-refractivity contribution in [1.29, 1.82) is 0 Å². The first-order valence-electron chi connectivity index (χ1n) is 10.1. The van der Waals surface area contributed by atoms with Crippen molar-refractivity contribution in [2.24, 2.45) is 0 Å². The highest BCUT2D eigenvalue weighted by Crippen LogP contribution is 2.37. The third-order valence-corrected chi connectivity index (χ3v) is 6.83. The van der Waals surface area contributed by atoms with Crippen molar-refractivity contribution in [3.05, 3.63) is 80.1 Å². The molecule has 1 aliphatic heterocycles. The van der Waals surface area contributed by atoms with E-state index < -0.39 is 5.82 Å². The number of hydrogen-bond donors (Lipinski definition) is 2. The highest BCUT2D eigenvalue weighted by atomic mass is 32.1. The van der Waals surface area contributed by atoms with Crippen molar-refractivity contribution in [2.75, 3.05) is 7.05 Å². The Morgan fingerprint density at radius 2 is 2.12 bits per heavy atom. The second-order valence-corrected chi connectivity index (χ2v) is 8.94. The van der Waals surface area contributed by atoms with Gasteiger partial charge in [0.25, 0.3) is 11.5 Å². The van der Waals surface area contributed by atoms with Gasteiger partial charge in [0, 0.05) is 53.8 Å². The van der Waals surface area contributed by atoms with Crippen LogP contribution in [0.1, 0.15) is 32.2 Å². The van der Waals surface area contributed by atoms with Gasteiger partial charge in [-0.15, -0.1) is 11.3 Å². The minimum absolute atomic E-state index is 0.155. The number of aromatic nitrogens is 3. The molecule has 4 heterocycles. The molecule has 162 valence electrons. The lowest BCUT2D eigenvalue weighted by molar-refractivity contribution is 0.0958. The maximum atomic E-state index is 15.0. The molecule has 1 aliphatic rings. The topological polar surface area (TPSA) is 91.0 Å². The van der Waals surface area contributed by atoms with E-state index in [0.717, 1.165) is 23.5 Å². The Kier molecular flexibility index (Phi) is 5.07. The van der Waals surface area contributed by atoms with E-state index in [1.54, 1.807) is 49.7 Å². The minimum atomic E-state index is -0.426. The number of thiophene rings is 1. The summed E-state index contributed by atoms with van der Waals surface area (Å²) < 4.78 is 15.0. The van der Waals surface area contributed by atoms with Gasteiger partial charge in [-0.1, -0.05) is 6.07 Å². The monoisotopic (exact) mass is 449 g/mol. The quantitative estimate of drug-likeness (QED) is 0.499. The highest BCUT2D eigenvalue weighted by Gasteiger charge is 2.24. The summed E-state index contributed by atoms with van der Waals surface area (Å²) in [7, 11) is 1.58. The van der Waals surface area contributed by atoms with E-state index in [2.05, 4.69) is 31.2 Å². The lowest BCUT2D eigenvalue weighted by atomic mass is 10.1. The average molecular weight is 450 g/mol. The Hall–Kier alpha value is -3.43. The van der Waals surface area contributed by atoms with Crippen molar-refractivity contribution < 1.29 is 9.18 Å². The zero-order valence-electron chi connectivity index (χ0n) is 17.5. The smallest absolute Gasteiger partial charge is 0.269 e. The van der Waals surface area contributed by atoms with Crippen LogP contribution in [0.25, 0.3) is 21.5 Å². The van der Waals surface area contributed by atoms with Crippen LogP contribution in [0.4, 0.5) is 4.39 Å². The van der Waals surface area contributed by atoms with Gasteiger partial charge in [-0.05, 0) is 36.8 Å². The fourth-order valence-electron chi connectivity index (χ4n) is 3.91. The first-order valence-corrected chi connectivity index (χ1v) is 10.9. The summed E-state index contributed by atoms with van der Waals surface area (Å²) in [4.78, 5) is 39.0. The summed E-state index contributed by atoms with van der Waals surface area (Å²) in [6, 6.07) is 9.24. The molecule has 0 saturated heterocycles. The largest absolute Gasteiger partial charge is 0.354 e. The summed E-state index contributed by atoms with van der Waals surface area (Å²) in [5.74, 6) is -0.637. The van der Waals surface area contributed by atoms with Gasteiger partial charge in [0.2, 0.25) is 0 Å². The van der Waals surface area contributed by atoms with Crippen molar-refractivity contribution >= 4 is 28.3 Å². The number of pyridine rings is 1. The number of carbonyl (C=O) groups is 1. The number of hydrogen-bond acceptors (Lipinski definition) is 6. The van der Waals surface area contributed by atoms with Gasteiger partial charge in [-0.2, -0.15) is 0 Å². The van der Waals surface area contributed by atoms with Crippen LogP contribution in [0, 0.1) is 12.7 Å². The van der Waals surface area contributed by atoms with Gasteiger partial charge in [0.15, 0.2) is 5.82 Å². The normalized spacial score (nSPS) is 13.5. The van der Waals surface area contributed by atoms with E-state index in [9.17, 15) is 9.59 Å². The lowest BCUT2D eigenvalue weighted by Crippen LogP contribution is -2.18. The van der Waals surface area contributed by atoms with Gasteiger partial charge in [0.1, 0.15) is 16.9 Å². The van der Waals surface area contributed by atoms with E-state index in [1.807, 2.05) is 6.07 Å². The van der Waals surface area contributed by atoms with Crippen LogP contribution in [-0.2, 0) is 19.6 Å². The number of nitrogens with zero attached hydrogens (tertiary/aromatic N) is 3. The van der Waals surface area contributed by atoms with Crippen molar-refractivity contribution in [1.82, 2.24) is 25.2 Å². The predicted molar refractivity (Wildman–Crippen MR) is 121 cm³/mol. The van der Waals surface area contributed by atoms with E-state index >= 15 is 4.39 Å². The number of rotatable bonds is 4. The lowest BCUT2D eigenvalue weighted by Gasteiger charge is -2.16. The number of carbonyl (C=O) groups excluding carboxylic acids is 1. The molecular weight excluding hydrogens is 429 g/mol. The van der Waals surface area contributed by atoms with Gasteiger partial charge < -0.3 is 10.3 Å². The first kappa shape index (κ1) is 20.5. The van der Waals surface area contributed by atoms with Crippen LogP contribution in [0.5, 0.6) is 0 Å². The van der Waals surface area contributed by atoms with Crippen LogP contribution in [-0.4, -0.2) is 32.8 Å². The number of aromatic amines is 1. The molecule has 9 heteroatoms. The third-order valence-electron chi connectivity index (χ3n) is 5.61. The fourth-order valence-corrected chi connectivity index (χ4v) is 5.12. The van der Waals surface area contributed by atoms with E-state index in [4.69, 9.17) is 0 Å². The summed E-state index contributed by atoms with van der Waals surface area (Å²) in [5, 5.41) is 2.56. The van der Waals surface area contributed by atoms with Crippen molar-refractivity contribution in [3.8, 4) is 10.4 Å². The van der Waals surface area contributed by atoms with Crippen LogP contribution in [0.3, 0.4) is 0 Å². The Labute approximate surface area is 187 Å². The molecule has 4 aromatic rings. The molecular formula is C23H20FN5O2S. The number of benzene rings is 1. The van der Waals surface area contributed by atoms with Crippen molar-refractivity contribution in [2.45, 2.75) is 26.6 Å². The molecule has 0 fully saturated rings. The molecule has 7 nitrogen and oxygen atoms in total. The molecule has 0 spiro atoms. The average Bonchev–Trinajstić information content (AvgIpc) is 3.35. The molecule has 0 unspecified atom stereocenters. The summed E-state index contributed by atoms with van der Waals surface area (Å²) in [6.45, 7) is 3.49. The molecule has 2 N–H and O–H groups in total. The van der Waals surface area contributed by atoms with Gasteiger partial charge in [0.05, 0.1) is 5.52 Å². The van der Waals surface area contributed by atoms with Gasteiger partial charge >= 0.3 is 0 Å². The van der Waals surface area contributed by atoms with Crippen LogP contribution in [0.2, 0.25) is 0 Å². The number of fused-ring (bicyclic) bond motifs is 2. The molecule has 0 aliphatic carbocycles. The van der Waals surface area contributed by atoms with E-state index in [1.165, 1.54) is 10.4 Å². The molecule has 0 saturated carbocycles. The number of halogens is 1. The SMILES string of the molecule is CNC(=O)c1ccc(-c2cc3c(s2)CN(Cc2ccc4nc(C)c(=O)[nH]c4c2F)C3)cn1. The maximum Gasteiger partial charge on any atom is 0.269 e. The Balaban J connectivity index is 1.33. The highest BCUT2D eigenvalue weighted by molar-refractivity contribution is 7.15. The van der Waals surface area contributed by atoms with Crippen LogP contribution < -0.4 is 10.9 Å². The molecule has 0 radical (unpaired) electrons. The molecule has 1 aromatic carbocycles. The van der Waals surface area contributed by atoms with E-state index in [-0.39, 0.29) is 17.0 Å². The predicted octanol–water partition coefficient (Wildman–Crippen LogP) is 3.37. The zero-order valence-corrected chi connectivity index (χ0v) is 18.3. The standard InChI is InChI=1S/C23H20FN5O2S/c1-12-22(30)28-21-16(27-12)5-4-14(20(21)24)9-29-10-15-7-18(32-19(15)11-29)13-3-6-17(26-8-13)23(31)25-2/h3-8H,9-11H2,1-2H3,(H,25,31)(H,28,30). The summed E-state index contributed by atoms with van der Waals surface area (Å²) in [6.07, 6.45) is 1.71. The van der Waals surface area contributed by atoms with Crippen LogP contribution >= 0.6 is 11.3 Å². The van der Waals surface area contributed by atoms with E-state index in [0.29, 0.717) is 29.0 Å². The number of nitrogens with one attached hydrogen (secondary N) is 2. The molecule has 32 heavy (non-hydrogen) atoms. The Morgan fingerprint density at radius 1 is 1.28 bits per heavy atom. The molecule has 5 rings (SSSR count). The van der Waals surface area contributed by atoms with Crippen LogP contribution in [0.15, 0.2) is 41.3 Å². The Morgan fingerprint density at radius 3 is 2.84 bits per heavy atom. The maximum absolute atomic E-state index is 15.0. The molecule has 3 aromatic heterocycles. The summed E-state index contributed by atoms with van der Waals surface area (Å²) >= 11 is 1.69. The fraction of sp³-hybridized carbons (Fsp3) is 0.217. The first-order chi connectivity index (χ1) is 15.4. The minimum Gasteiger partial charge on any atom is -0.354 e. The second-order valence-electron chi connectivity index (χ2n) is 7.80. The van der Waals surface area contributed by atoms with Gasteiger partial charge in [-0.3, -0.25) is 19.5 Å². The summed E-state index contributed by atoms with van der Waals surface area (Å²) in [5.41, 5.74) is 3.65. The molecule has 0 bridgehead atoms. The van der Waals surface area contributed by atoms with Crippen molar-refractivity contribution in [3.63, 3.8) is 0 Å². The van der Waals surface area contributed by atoms with Gasteiger partial charge in [-0.25, -0.2) is 9.37 Å². The number of amides is 1. The third kappa shape index (κ3) is 3.59. The molecule has 1 amide bonds. The second kappa shape index (κ2) is 7.92.